The first-order chi connectivity index (χ1) is 10.2. The molecule has 2 N–H and O–H groups in total. The van der Waals surface area contributed by atoms with Crippen molar-refractivity contribution < 1.29 is 0 Å². The predicted octanol–water partition coefficient (Wildman–Crippen LogP) is 3.61. The van der Waals surface area contributed by atoms with Gasteiger partial charge >= 0.3 is 0 Å². The number of hydrogen-bond donors (Lipinski definition) is 2. The quantitative estimate of drug-likeness (QED) is 0.629. The van der Waals surface area contributed by atoms with E-state index in [4.69, 9.17) is 12.2 Å². The molecule has 0 radical (unpaired) electrons. The highest BCUT2D eigenvalue weighted by atomic mass is 32.2. The Bertz CT molecular complexity index is 573. The van der Waals surface area contributed by atoms with Crippen LogP contribution >= 0.6 is 24.0 Å². The molecular formula is C16H19N3S2. The molecule has 3 nitrogen and oxygen atoms in total. The topological polar surface area (TPSA) is 37.0 Å². The zero-order valence-corrected chi connectivity index (χ0v) is 13.6. The molecule has 0 spiro atoms. The van der Waals surface area contributed by atoms with Crippen LogP contribution in [0.4, 0.5) is 5.69 Å². The molecule has 0 saturated heterocycles. The summed E-state index contributed by atoms with van der Waals surface area (Å²) in [5, 5.41) is 6.99. The van der Waals surface area contributed by atoms with Crippen molar-refractivity contribution in [3.63, 3.8) is 0 Å². The number of aryl methyl sites for hydroxylation is 1. The molecule has 2 rings (SSSR count). The van der Waals surface area contributed by atoms with Crippen LogP contribution in [0.15, 0.2) is 48.8 Å². The fourth-order valence-corrected chi connectivity index (χ4v) is 2.87. The summed E-state index contributed by atoms with van der Waals surface area (Å²) in [4.78, 5) is 3.97. The number of thioether (sulfide) groups is 1. The van der Waals surface area contributed by atoms with E-state index in [0.29, 0.717) is 5.11 Å². The number of nitrogens with zero attached hydrogens (tertiary/aromatic N) is 1. The Morgan fingerprint density at radius 2 is 2.05 bits per heavy atom. The van der Waals surface area contributed by atoms with Gasteiger partial charge in [-0.05, 0) is 36.8 Å². The van der Waals surface area contributed by atoms with Crippen LogP contribution in [0.5, 0.6) is 0 Å². The molecule has 2 aromatic rings. The first-order valence-corrected chi connectivity index (χ1v) is 8.38. The average molecular weight is 317 g/mol. The minimum Gasteiger partial charge on any atom is -0.362 e. The van der Waals surface area contributed by atoms with Gasteiger partial charge in [0.05, 0.1) is 0 Å². The van der Waals surface area contributed by atoms with Crippen LogP contribution < -0.4 is 10.6 Å². The fourth-order valence-electron chi connectivity index (χ4n) is 1.84. The van der Waals surface area contributed by atoms with Gasteiger partial charge in [-0.1, -0.05) is 29.8 Å². The largest absolute Gasteiger partial charge is 0.362 e. The molecule has 0 aliphatic heterocycles. The van der Waals surface area contributed by atoms with E-state index in [1.807, 2.05) is 23.9 Å². The van der Waals surface area contributed by atoms with Crippen LogP contribution in [0, 0.1) is 6.92 Å². The summed E-state index contributed by atoms with van der Waals surface area (Å²) in [5.41, 5.74) is 3.64. The van der Waals surface area contributed by atoms with Gasteiger partial charge in [0.2, 0.25) is 0 Å². The summed E-state index contributed by atoms with van der Waals surface area (Å²) >= 11 is 7.15. The second kappa shape index (κ2) is 8.64. The Labute approximate surface area is 135 Å². The molecule has 0 atom stereocenters. The van der Waals surface area contributed by atoms with E-state index in [2.05, 4.69) is 46.8 Å². The van der Waals surface area contributed by atoms with Crippen LogP contribution in [-0.2, 0) is 5.75 Å². The van der Waals surface area contributed by atoms with Gasteiger partial charge in [-0.25, -0.2) is 0 Å². The van der Waals surface area contributed by atoms with Crippen molar-refractivity contribution in [1.82, 2.24) is 10.3 Å². The number of rotatable bonds is 6. The molecule has 110 valence electrons. The standard InChI is InChI=1S/C16H19N3S2/c1-13-3-2-4-14(11-13)12-21-10-9-18-16(20)19-15-5-7-17-8-6-15/h2-8,11H,9-10,12H2,1H3,(H2,17,18,19,20). The Morgan fingerprint density at radius 1 is 1.24 bits per heavy atom. The molecular weight excluding hydrogens is 298 g/mol. The molecule has 0 saturated carbocycles. The molecule has 5 heteroatoms. The molecule has 0 aliphatic rings. The molecule has 0 bridgehead atoms. The fraction of sp³-hybridized carbons (Fsp3) is 0.250. The zero-order valence-electron chi connectivity index (χ0n) is 12.0. The van der Waals surface area contributed by atoms with Gasteiger partial charge in [0, 0.05) is 36.1 Å². The van der Waals surface area contributed by atoms with Gasteiger partial charge in [-0.2, -0.15) is 11.8 Å². The number of aromatic nitrogens is 1. The van der Waals surface area contributed by atoms with Crippen molar-refractivity contribution in [1.29, 1.82) is 0 Å². The van der Waals surface area contributed by atoms with E-state index in [0.717, 1.165) is 23.7 Å². The van der Waals surface area contributed by atoms with E-state index >= 15 is 0 Å². The number of benzene rings is 1. The van der Waals surface area contributed by atoms with Crippen LogP contribution in [0.2, 0.25) is 0 Å². The van der Waals surface area contributed by atoms with Crippen LogP contribution in [-0.4, -0.2) is 22.4 Å². The molecule has 1 heterocycles. The van der Waals surface area contributed by atoms with Gasteiger partial charge < -0.3 is 10.6 Å². The highest BCUT2D eigenvalue weighted by Gasteiger charge is 1.97. The third-order valence-electron chi connectivity index (χ3n) is 2.82. The number of anilines is 1. The molecule has 0 unspecified atom stereocenters. The van der Waals surface area contributed by atoms with E-state index in [1.54, 1.807) is 12.4 Å². The van der Waals surface area contributed by atoms with Crippen LogP contribution in [0.3, 0.4) is 0 Å². The monoisotopic (exact) mass is 317 g/mol. The Hall–Kier alpha value is -1.59. The predicted molar refractivity (Wildman–Crippen MR) is 95.8 cm³/mol. The zero-order chi connectivity index (χ0) is 14.9. The molecule has 1 aromatic carbocycles. The second-order valence-corrected chi connectivity index (χ2v) is 6.17. The number of thiocarbonyl (C=S) groups is 1. The minimum absolute atomic E-state index is 0.650. The molecule has 1 aromatic heterocycles. The number of pyridine rings is 1. The van der Waals surface area contributed by atoms with E-state index in [1.165, 1.54) is 11.1 Å². The number of nitrogens with one attached hydrogen (secondary N) is 2. The summed E-state index contributed by atoms with van der Waals surface area (Å²) in [6.07, 6.45) is 3.48. The molecule has 0 aliphatic carbocycles. The van der Waals surface area contributed by atoms with Gasteiger partial charge in [-0.15, -0.1) is 0 Å². The van der Waals surface area contributed by atoms with Crippen molar-refractivity contribution in [2.75, 3.05) is 17.6 Å². The Balaban J connectivity index is 1.60. The highest BCUT2D eigenvalue weighted by Crippen LogP contribution is 2.12. The molecule has 0 amide bonds. The summed E-state index contributed by atoms with van der Waals surface area (Å²) in [6, 6.07) is 12.4. The first-order valence-electron chi connectivity index (χ1n) is 6.82. The number of hydrogen-bond acceptors (Lipinski definition) is 3. The normalized spacial score (nSPS) is 10.1. The lowest BCUT2D eigenvalue weighted by atomic mass is 10.2. The van der Waals surface area contributed by atoms with Crippen molar-refractivity contribution in [2.24, 2.45) is 0 Å². The van der Waals surface area contributed by atoms with Crippen LogP contribution in [0.1, 0.15) is 11.1 Å². The lowest BCUT2D eigenvalue weighted by Crippen LogP contribution is -2.30. The highest BCUT2D eigenvalue weighted by molar-refractivity contribution is 7.98. The Kier molecular flexibility index (Phi) is 6.50. The van der Waals surface area contributed by atoms with Gasteiger partial charge in [0.15, 0.2) is 5.11 Å². The van der Waals surface area contributed by atoms with Gasteiger partial charge in [0.1, 0.15) is 0 Å². The minimum atomic E-state index is 0.650. The van der Waals surface area contributed by atoms with Gasteiger partial charge in [-0.3, -0.25) is 4.98 Å². The van der Waals surface area contributed by atoms with Crippen LogP contribution in [0.25, 0.3) is 0 Å². The van der Waals surface area contributed by atoms with E-state index < -0.39 is 0 Å². The maximum absolute atomic E-state index is 5.24. The summed E-state index contributed by atoms with van der Waals surface area (Å²) in [6.45, 7) is 2.98. The first kappa shape index (κ1) is 15.8. The molecule has 21 heavy (non-hydrogen) atoms. The van der Waals surface area contributed by atoms with E-state index in [-0.39, 0.29) is 0 Å². The van der Waals surface area contributed by atoms with Crippen molar-refractivity contribution in [2.45, 2.75) is 12.7 Å². The summed E-state index contributed by atoms with van der Waals surface area (Å²) in [5.74, 6) is 2.06. The Morgan fingerprint density at radius 3 is 2.81 bits per heavy atom. The van der Waals surface area contributed by atoms with E-state index in [9.17, 15) is 0 Å². The van der Waals surface area contributed by atoms with Crippen molar-refractivity contribution in [3.05, 3.63) is 59.9 Å². The SMILES string of the molecule is Cc1cccc(CSCCNC(=S)Nc2ccncc2)c1. The third-order valence-corrected chi connectivity index (χ3v) is 4.10. The summed E-state index contributed by atoms with van der Waals surface area (Å²) in [7, 11) is 0. The van der Waals surface area contributed by atoms with Crippen molar-refractivity contribution in [3.8, 4) is 0 Å². The lowest BCUT2D eigenvalue weighted by Gasteiger charge is -2.10. The molecule has 0 fully saturated rings. The van der Waals surface area contributed by atoms with Gasteiger partial charge in [0.25, 0.3) is 0 Å². The second-order valence-electron chi connectivity index (χ2n) is 4.66. The third kappa shape index (κ3) is 6.14. The van der Waals surface area contributed by atoms with Crippen molar-refractivity contribution >= 4 is 34.8 Å². The average Bonchev–Trinajstić information content (AvgIpc) is 2.48. The summed E-state index contributed by atoms with van der Waals surface area (Å²) < 4.78 is 0. The smallest absolute Gasteiger partial charge is 0.170 e. The lowest BCUT2D eigenvalue weighted by molar-refractivity contribution is 0.989. The maximum Gasteiger partial charge on any atom is 0.170 e. The maximum atomic E-state index is 5.24.